The molecular weight excluding hydrogens is 500 g/mol. The van der Waals surface area contributed by atoms with Crippen LogP contribution in [-0.4, -0.2) is 18.5 Å². The molecule has 0 bridgehead atoms. The summed E-state index contributed by atoms with van der Waals surface area (Å²) in [6.07, 6.45) is 14.6. The van der Waals surface area contributed by atoms with Crippen LogP contribution in [-0.2, 0) is 6.42 Å². The van der Waals surface area contributed by atoms with Gasteiger partial charge in [-0.2, -0.15) is 0 Å². The van der Waals surface area contributed by atoms with Gasteiger partial charge in [-0.1, -0.05) is 83.8 Å². The lowest BCUT2D eigenvalue weighted by Crippen LogP contribution is -2.11. The molecule has 3 aromatic carbocycles. The van der Waals surface area contributed by atoms with E-state index in [9.17, 15) is 9.59 Å². The lowest BCUT2D eigenvalue weighted by Gasteiger charge is -2.09. The number of ether oxygens (including phenoxy) is 3. The monoisotopic (exact) mass is 544 g/mol. The van der Waals surface area contributed by atoms with Gasteiger partial charge in [-0.3, -0.25) is 0 Å². The van der Waals surface area contributed by atoms with Gasteiger partial charge in [0.25, 0.3) is 0 Å². The molecule has 0 heterocycles. The second-order valence-electron chi connectivity index (χ2n) is 10.3. The fraction of sp³-hybridized carbons (Fsp3) is 0.429. The molecule has 0 aliphatic carbocycles. The highest BCUT2D eigenvalue weighted by Gasteiger charge is 2.13. The fourth-order valence-electron chi connectivity index (χ4n) is 4.41. The third-order valence-electron chi connectivity index (χ3n) is 6.86. The predicted molar refractivity (Wildman–Crippen MR) is 161 cm³/mol. The zero-order valence-electron chi connectivity index (χ0n) is 24.2. The quantitative estimate of drug-likeness (QED) is 0.0907. The maximum atomic E-state index is 12.6. The third-order valence-corrected chi connectivity index (χ3v) is 6.86. The Morgan fingerprint density at radius 3 is 1.45 bits per heavy atom. The standard InChI is InChI=1S/C35H44O5/c1-3-5-7-9-11-13-27-38-31-23-25-33(26-24-31)40-35(37)30-19-17-29(18-20-30)34(36)39-32-21-15-28(16-22-32)14-12-10-8-6-4-2/h15-26H,3-14,27H2,1-2H3. The highest BCUT2D eigenvalue weighted by Crippen LogP contribution is 2.20. The number of carbonyl (C=O) groups excluding carboxylic acids is 2. The number of hydrogen-bond acceptors (Lipinski definition) is 5. The van der Waals surface area contributed by atoms with Gasteiger partial charge in [0.1, 0.15) is 17.2 Å². The van der Waals surface area contributed by atoms with Crippen molar-refractivity contribution in [1.82, 2.24) is 0 Å². The number of rotatable bonds is 18. The Balaban J connectivity index is 1.40. The van der Waals surface area contributed by atoms with Crippen LogP contribution in [0.5, 0.6) is 17.2 Å². The zero-order chi connectivity index (χ0) is 28.4. The largest absolute Gasteiger partial charge is 0.494 e. The maximum Gasteiger partial charge on any atom is 0.343 e. The van der Waals surface area contributed by atoms with Gasteiger partial charge in [-0.15, -0.1) is 0 Å². The van der Waals surface area contributed by atoms with E-state index in [4.69, 9.17) is 14.2 Å². The van der Waals surface area contributed by atoms with Crippen LogP contribution in [0.1, 0.15) is 111 Å². The van der Waals surface area contributed by atoms with Crippen LogP contribution < -0.4 is 14.2 Å². The average Bonchev–Trinajstić information content (AvgIpc) is 2.98. The summed E-state index contributed by atoms with van der Waals surface area (Å²) in [6.45, 7) is 5.12. The number of benzene rings is 3. The number of carbonyl (C=O) groups is 2. The summed E-state index contributed by atoms with van der Waals surface area (Å²) in [5, 5.41) is 0. The highest BCUT2D eigenvalue weighted by molar-refractivity contribution is 5.94. The molecule has 5 heteroatoms. The van der Waals surface area contributed by atoms with E-state index >= 15 is 0 Å². The molecule has 0 amide bonds. The summed E-state index contributed by atoms with van der Waals surface area (Å²) < 4.78 is 16.8. The van der Waals surface area contributed by atoms with E-state index in [1.54, 1.807) is 48.5 Å². The Kier molecular flexibility index (Phi) is 13.8. The molecule has 0 spiro atoms. The lowest BCUT2D eigenvalue weighted by molar-refractivity contribution is 0.0720. The van der Waals surface area contributed by atoms with Crippen molar-refractivity contribution in [2.45, 2.75) is 90.9 Å². The first-order valence-corrected chi connectivity index (χ1v) is 14.9. The van der Waals surface area contributed by atoms with E-state index in [0.29, 0.717) is 29.2 Å². The zero-order valence-corrected chi connectivity index (χ0v) is 24.2. The Hall–Kier alpha value is -3.60. The van der Waals surface area contributed by atoms with Crippen LogP contribution in [0.3, 0.4) is 0 Å². The Bertz CT molecular complexity index is 1130. The number of unbranched alkanes of at least 4 members (excludes halogenated alkanes) is 9. The molecule has 0 saturated carbocycles. The van der Waals surface area contributed by atoms with Gasteiger partial charge < -0.3 is 14.2 Å². The Morgan fingerprint density at radius 2 is 0.925 bits per heavy atom. The minimum atomic E-state index is -0.494. The van der Waals surface area contributed by atoms with Gasteiger partial charge in [-0.05, 0) is 85.5 Å². The van der Waals surface area contributed by atoms with Gasteiger partial charge in [0, 0.05) is 0 Å². The topological polar surface area (TPSA) is 61.8 Å². The van der Waals surface area contributed by atoms with Crippen LogP contribution >= 0.6 is 0 Å². The predicted octanol–water partition coefficient (Wildman–Crippen LogP) is 9.38. The van der Waals surface area contributed by atoms with E-state index in [1.807, 2.05) is 24.3 Å². The first-order chi connectivity index (χ1) is 19.6. The van der Waals surface area contributed by atoms with Crippen molar-refractivity contribution in [3.05, 3.63) is 89.5 Å². The van der Waals surface area contributed by atoms with E-state index in [0.717, 1.165) is 18.6 Å². The molecule has 0 aliphatic rings. The summed E-state index contributed by atoms with van der Waals surface area (Å²) in [6, 6.07) is 21.0. The molecule has 0 saturated heterocycles. The fourth-order valence-corrected chi connectivity index (χ4v) is 4.41. The maximum absolute atomic E-state index is 12.6. The van der Waals surface area contributed by atoms with Crippen LogP contribution in [0.4, 0.5) is 0 Å². The van der Waals surface area contributed by atoms with Crippen molar-refractivity contribution in [3.8, 4) is 17.2 Å². The molecule has 0 aromatic heterocycles. The van der Waals surface area contributed by atoms with Crippen molar-refractivity contribution in [2.24, 2.45) is 0 Å². The molecule has 0 N–H and O–H groups in total. The minimum Gasteiger partial charge on any atom is -0.494 e. The molecule has 0 fully saturated rings. The molecule has 5 nitrogen and oxygen atoms in total. The van der Waals surface area contributed by atoms with Gasteiger partial charge in [0.15, 0.2) is 0 Å². The van der Waals surface area contributed by atoms with Gasteiger partial charge in [-0.25, -0.2) is 9.59 Å². The molecule has 0 radical (unpaired) electrons. The normalized spacial score (nSPS) is 10.8. The van der Waals surface area contributed by atoms with Crippen molar-refractivity contribution in [2.75, 3.05) is 6.61 Å². The minimum absolute atomic E-state index is 0.350. The van der Waals surface area contributed by atoms with Gasteiger partial charge >= 0.3 is 11.9 Å². The number of esters is 2. The van der Waals surface area contributed by atoms with Crippen molar-refractivity contribution in [1.29, 1.82) is 0 Å². The van der Waals surface area contributed by atoms with E-state index in [2.05, 4.69) is 13.8 Å². The van der Waals surface area contributed by atoms with Crippen molar-refractivity contribution >= 4 is 11.9 Å². The molecule has 0 aliphatic heterocycles. The number of aryl methyl sites for hydroxylation is 1. The SMILES string of the molecule is CCCCCCCCOc1ccc(OC(=O)c2ccc(C(=O)Oc3ccc(CCCCCCC)cc3)cc2)cc1. The molecule has 0 unspecified atom stereocenters. The van der Waals surface area contributed by atoms with Crippen LogP contribution in [0.25, 0.3) is 0 Å². The van der Waals surface area contributed by atoms with E-state index in [1.165, 1.54) is 69.8 Å². The summed E-state index contributed by atoms with van der Waals surface area (Å²) in [7, 11) is 0. The highest BCUT2D eigenvalue weighted by atomic mass is 16.5. The summed E-state index contributed by atoms with van der Waals surface area (Å²) in [5.41, 5.74) is 1.96. The van der Waals surface area contributed by atoms with Crippen LogP contribution in [0.2, 0.25) is 0 Å². The Morgan fingerprint density at radius 1 is 0.500 bits per heavy atom. The lowest BCUT2D eigenvalue weighted by atomic mass is 10.1. The molecule has 3 rings (SSSR count). The Labute approximate surface area is 239 Å². The van der Waals surface area contributed by atoms with Crippen molar-refractivity contribution < 1.29 is 23.8 Å². The molecule has 0 atom stereocenters. The first-order valence-electron chi connectivity index (χ1n) is 14.9. The molecular formula is C35H44O5. The van der Waals surface area contributed by atoms with Gasteiger partial charge in [0.05, 0.1) is 17.7 Å². The molecule has 40 heavy (non-hydrogen) atoms. The molecule has 3 aromatic rings. The summed E-state index contributed by atoms with van der Waals surface area (Å²) in [5.74, 6) is 0.732. The van der Waals surface area contributed by atoms with Crippen LogP contribution in [0.15, 0.2) is 72.8 Å². The number of hydrogen-bond donors (Lipinski definition) is 0. The first kappa shape index (κ1) is 30.9. The van der Waals surface area contributed by atoms with Crippen molar-refractivity contribution in [3.63, 3.8) is 0 Å². The molecule has 214 valence electrons. The summed E-state index contributed by atoms with van der Waals surface area (Å²) >= 11 is 0. The van der Waals surface area contributed by atoms with E-state index < -0.39 is 11.9 Å². The van der Waals surface area contributed by atoms with Gasteiger partial charge in [0.2, 0.25) is 0 Å². The second-order valence-corrected chi connectivity index (χ2v) is 10.3. The van der Waals surface area contributed by atoms with Crippen LogP contribution in [0, 0.1) is 0 Å². The average molecular weight is 545 g/mol. The smallest absolute Gasteiger partial charge is 0.343 e. The summed E-state index contributed by atoms with van der Waals surface area (Å²) in [4.78, 5) is 25.2. The second kappa shape index (κ2) is 17.9. The van der Waals surface area contributed by atoms with E-state index in [-0.39, 0.29) is 0 Å². The third kappa shape index (κ3) is 11.3.